The molecule has 0 amide bonds. The Morgan fingerprint density at radius 1 is 1.00 bits per heavy atom. The van der Waals surface area contributed by atoms with E-state index in [0.717, 1.165) is 27.8 Å². The Morgan fingerprint density at radius 3 is 2.35 bits per heavy atom. The first kappa shape index (κ1) is 13.6. The monoisotopic (exact) mass is 253 g/mol. The summed E-state index contributed by atoms with van der Waals surface area (Å²) in [6.07, 6.45) is 0. The molecule has 0 spiro atoms. The molecule has 0 saturated heterocycles. The molecule has 0 fully saturated rings. The van der Waals surface area contributed by atoms with Gasteiger partial charge in [0.15, 0.2) is 0 Å². The van der Waals surface area contributed by atoms with Crippen LogP contribution < -0.4 is 15.2 Å². The second-order valence-corrected chi connectivity index (χ2v) is 3.54. The number of hydrogen-bond donors (Lipinski definition) is 1. The van der Waals surface area contributed by atoms with Gasteiger partial charge in [-0.25, -0.2) is 0 Å². The highest BCUT2D eigenvalue weighted by Crippen LogP contribution is 2.31. The number of ether oxygens (including phenoxy) is 2. The minimum Gasteiger partial charge on any atom is -0.497 e. The first-order valence-electron chi connectivity index (χ1n) is 5.14. The van der Waals surface area contributed by atoms with E-state index >= 15 is 0 Å². The molecule has 0 unspecified atom stereocenters. The van der Waals surface area contributed by atoms with Gasteiger partial charge in [-0.05, 0) is 35.2 Å². The average Bonchev–Trinajstić information content (AvgIpc) is 2.36. The lowest BCUT2D eigenvalue weighted by Crippen LogP contribution is -1.98. The van der Waals surface area contributed by atoms with E-state index in [0.29, 0.717) is 6.54 Å². The Morgan fingerprint density at radius 2 is 1.76 bits per heavy atom. The fourth-order valence-electron chi connectivity index (χ4n) is 1.84. The highest BCUT2D eigenvalue weighted by atomic mass is 35.5. The second-order valence-electron chi connectivity index (χ2n) is 3.54. The fourth-order valence-corrected chi connectivity index (χ4v) is 1.84. The predicted octanol–water partition coefficient (Wildman–Crippen LogP) is 2.74. The van der Waals surface area contributed by atoms with Crippen LogP contribution in [0.1, 0.15) is 5.56 Å². The Balaban J connectivity index is 0.00000144. The molecule has 3 nitrogen and oxygen atoms in total. The molecular weight excluding hydrogens is 238 g/mol. The van der Waals surface area contributed by atoms with Crippen LogP contribution in [-0.2, 0) is 6.54 Å². The largest absolute Gasteiger partial charge is 0.497 e. The zero-order valence-electron chi connectivity index (χ0n) is 9.90. The van der Waals surface area contributed by atoms with Crippen molar-refractivity contribution in [2.75, 3.05) is 14.2 Å². The minimum atomic E-state index is 0. The maximum Gasteiger partial charge on any atom is 0.126 e. The minimum absolute atomic E-state index is 0. The van der Waals surface area contributed by atoms with Crippen molar-refractivity contribution in [3.05, 3.63) is 35.9 Å². The molecule has 0 aliphatic rings. The van der Waals surface area contributed by atoms with Crippen LogP contribution in [0.4, 0.5) is 0 Å². The van der Waals surface area contributed by atoms with Crippen LogP contribution in [0.5, 0.6) is 11.5 Å². The van der Waals surface area contributed by atoms with Crippen LogP contribution in [0.3, 0.4) is 0 Å². The molecule has 0 aliphatic carbocycles. The van der Waals surface area contributed by atoms with Gasteiger partial charge in [0, 0.05) is 11.9 Å². The summed E-state index contributed by atoms with van der Waals surface area (Å²) in [4.78, 5) is 0. The molecule has 0 atom stereocenters. The van der Waals surface area contributed by atoms with Gasteiger partial charge in [0.25, 0.3) is 0 Å². The zero-order chi connectivity index (χ0) is 11.5. The maximum atomic E-state index is 5.72. The second kappa shape index (κ2) is 5.75. The van der Waals surface area contributed by atoms with Crippen LogP contribution in [0.15, 0.2) is 30.3 Å². The summed E-state index contributed by atoms with van der Waals surface area (Å²) < 4.78 is 10.5. The van der Waals surface area contributed by atoms with E-state index in [1.165, 1.54) is 0 Å². The number of nitrogens with two attached hydrogens (primary N) is 1. The molecule has 92 valence electrons. The molecule has 0 aliphatic heterocycles. The lowest BCUT2D eigenvalue weighted by molar-refractivity contribution is 0.414. The van der Waals surface area contributed by atoms with Crippen molar-refractivity contribution in [2.45, 2.75) is 6.54 Å². The molecule has 2 aromatic carbocycles. The van der Waals surface area contributed by atoms with E-state index in [4.69, 9.17) is 15.2 Å². The molecule has 0 aromatic heterocycles. The van der Waals surface area contributed by atoms with Gasteiger partial charge in [0.05, 0.1) is 14.2 Å². The molecule has 2 aromatic rings. The summed E-state index contributed by atoms with van der Waals surface area (Å²) in [5.41, 5.74) is 6.81. The Labute approximate surface area is 107 Å². The van der Waals surface area contributed by atoms with Gasteiger partial charge < -0.3 is 15.2 Å². The van der Waals surface area contributed by atoms with E-state index in [1.54, 1.807) is 14.2 Å². The fraction of sp³-hybridized carbons (Fsp3) is 0.231. The number of rotatable bonds is 3. The Hall–Kier alpha value is -1.45. The van der Waals surface area contributed by atoms with E-state index in [9.17, 15) is 0 Å². The van der Waals surface area contributed by atoms with Crippen LogP contribution in [0, 0.1) is 0 Å². The van der Waals surface area contributed by atoms with E-state index < -0.39 is 0 Å². The van der Waals surface area contributed by atoms with Gasteiger partial charge in [0.1, 0.15) is 11.5 Å². The summed E-state index contributed by atoms with van der Waals surface area (Å²) in [5.74, 6) is 1.69. The van der Waals surface area contributed by atoms with Gasteiger partial charge in [0.2, 0.25) is 0 Å². The van der Waals surface area contributed by atoms with Crippen molar-refractivity contribution in [2.24, 2.45) is 5.73 Å². The molecular formula is C13H16ClNO2. The smallest absolute Gasteiger partial charge is 0.126 e. The average molecular weight is 254 g/mol. The number of methoxy groups -OCH3 is 2. The third kappa shape index (κ3) is 2.46. The first-order valence-corrected chi connectivity index (χ1v) is 5.14. The summed E-state index contributed by atoms with van der Waals surface area (Å²) in [6, 6.07) is 9.83. The predicted molar refractivity (Wildman–Crippen MR) is 72.2 cm³/mol. The Bertz CT molecular complexity index is 514. The lowest BCUT2D eigenvalue weighted by Gasteiger charge is -2.10. The van der Waals surface area contributed by atoms with E-state index in [-0.39, 0.29) is 12.4 Å². The Kier molecular flexibility index (Phi) is 4.61. The van der Waals surface area contributed by atoms with Gasteiger partial charge in [-0.2, -0.15) is 0 Å². The van der Waals surface area contributed by atoms with Gasteiger partial charge in [-0.1, -0.05) is 6.07 Å². The van der Waals surface area contributed by atoms with Crippen molar-refractivity contribution in [3.8, 4) is 11.5 Å². The van der Waals surface area contributed by atoms with Gasteiger partial charge >= 0.3 is 0 Å². The van der Waals surface area contributed by atoms with E-state index in [2.05, 4.69) is 0 Å². The number of fused-ring (bicyclic) bond motifs is 1. The lowest BCUT2D eigenvalue weighted by atomic mass is 10.0. The van der Waals surface area contributed by atoms with Crippen molar-refractivity contribution >= 4 is 23.2 Å². The summed E-state index contributed by atoms with van der Waals surface area (Å²) >= 11 is 0. The summed E-state index contributed by atoms with van der Waals surface area (Å²) in [5, 5.41) is 2.15. The van der Waals surface area contributed by atoms with Crippen LogP contribution in [-0.4, -0.2) is 14.2 Å². The summed E-state index contributed by atoms with van der Waals surface area (Å²) in [6.45, 7) is 0.508. The standard InChI is InChI=1S/C13H15NO2.ClH/c1-15-10-4-5-11-12(7-10)9(8-14)3-6-13(11)16-2;/h3-7H,8,14H2,1-2H3;1H. The topological polar surface area (TPSA) is 44.5 Å². The molecule has 4 heteroatoms. The van der Waals surface area contributed by atoms with Crippen LogP contribution in [0.2, 0.25) is 0 Å². The maximum absolute atomic E-state index is 5.72. The molecule has 0 bridgehead atoms. The number of hydrogen-bond acceptors (Lipinski definition) is 3. The SMILES string of the molecule is COc1ccc2c(OC)ccc(CN)c2c1.Cl. The molecule has 17 heavy (non-hydrogen) atoms. The number of benzene rings is 2. The van der Waals surface area contributed by atoms with Crippen molar-refractivity contribution < 1.29 is 9.47 Å². The van der Waals surface area contributed by atoms with Gasteiger partial charge in [-0.15, -0.1) is 12.4 Å². The van der Waals surface area contributed by atoms with Crippen LogP contribution >= 0.6 is 12.4 Å². The first-order chi connectivity index (χ1) is 7.80. The highest BCUT2D eigenvalue weighted by molar-refractivity contribution is 5.92. The van der Waals surface area contributed by atoms with Crippen molar-refractivity contribution in [1.82, 2.24) is 0 Å². The van der Waals surface area contributed by atoms with Crippen molar-refractivity contribution in [3.63, 3.8) is 0 Å². The van der Waals surface area contributed by atoms with Crippen molar-refractivity contribution in [1.29, 1.82) is 0 Å². The quantitative estimate of drug-likeness (QED) is 0.915. The third-order valence-electron chi connectivity index (χ3n) is 2.71. The summed E-state index contributed by atoms with van der Waals surface area (Å²) in [7, 11) is 3.32. The molecule has 2 N–H and O–H groups in total. The molecule has 2 rings (SSSR count). The molecule has 0 heterocycles. The normalized spacial score (nSPS) is 9.82. The molecule has 0 radical (unpaired) electrons. The zero-order valence-corrected chi connectivity index (χ0v) is 10.7. The number of halogens is 1. The molecule has 0 saturated carbocycles. The third-order valence-corrected chi connectivity index (χ3v) is 2.71. The van der Waals surface area contributed by atoms with E-state index in [1.807, 2.05) is 30.3 Å². The highest BCUT2D eigenvalue weighted by Gasteiger charge is 2.06. The van der Waals surface area contributed by atoms with Crippen LogP contribution in [0.25, 0.3) is 10.8 Å². The van der Waals surface area contributed by atoms with Gasteiger partial charge in [-0.3, -0.25) is 0 Å².